The summed E-state index contributed by atoms with van der Waals surface area (Å²) in [7, 11) is 0. The monoisotopic (exact) mass is 495 g/mol. The smallest absolute Gasteiger partial charge is 0.234 e. The van der Waals surface area contributed by atoms with Crippen LogP contribution in [0.4, 0.5) is 5.69 Å². The maximum absolute atomic E-state index is 12.2. The Hall–Kier alpha value is -0.800. The fourth-order valence-corrected chi connectivity index (χ4v) is 4.91. The Bertz CT molecular complexity index is 1070. The molecular weight excluding hydrogens is 488 g/mol. The maximum Gasteiger partial charge on any atom is 0.234 e. The highest BCUT2D eigenvalue weighted by Gasteiger charge is 2.12. The molecule has 1 heterocycles. The number of benzene rings is 2. The van der Waals surface area contributed by atoms with Crippen LogP contribution in [0.25, 0.3) is 5.69 Å². The number of thioether (sulfide) groups is 1. The van der Waals surface area contributed by atoms with Crippen molar-refractivity contribution in [1.82, 2.24) is 9.78 Å². The molecule has 1 amide bonds. The van der Waals surface area contributed by atoms with Gasteiger partial charge in [0.1, 0.15) is 0 Å². The molecule has 1 N–H and O–H groups in total. The van der Waals surface area contributed by atoms with Crippen LogP contribution in [0.2, 0.25) is 20.1 Å². The number of carbonyl (C=O) groups excluding carboxylic acids is 1. The molecule has 0 fully saturated rings. The minimum atomic E-state index is -0.216. The summed E-state index contributed by atoms with van der Waals surface area (Å²) in [5.41, 5.74) is 1.20. The molecule has 0 unspecified atom stereocenters. The number of nitrogens with one attached hydrogen (secondary N) is 1. The van der Waals surface area contributed by atoms with E-state index in [-0.39, 0.29) is 11.7 Å². The second-order valence-corrected chi connectivity index (χ2v) is 9.61. The van der Waals surface area contributed by atoms with Crippen molar-refractivity contribution in [1.29, 1.82) is 0 Å². The van der Waals surface area contributed by atoms with Crippen molar-refractivity contribution in [2.75, 3.05) is 11.1 Å². The zero-order chi connectivity index (χ0) is 19.6. The first kappa shape index (κ1) is 20.9. The van der Waals surface area contributed by atoms with E-state index in [0.717, 1.165) is 0 Å². The van der Waals surface area contributed by atoms with Crippen molar-refractivity contribution >= 4 is 93.3 Å². The van der Waals surface area contributed by atoms with Crippen molar-refractivity contribution in [3.63, 3.8) is 0 Å². The Balaban J connectivity index is 1.67. The molecule has 27 heavy (non-hydrogen) atoms. The third kappa shape index (κ3) is 5.38. The predicted octanol–water partition coefficient (Wildman–Crippen LogP) is 7.01. The van der Waals surface area contributed by atoms with Gasteiger partial charge in [0, 0.05) is 5.02 Å². The van der Waals surface area contributed by atoms with Crippen LogP contribution >= 0.6 is 81.7 Å². The van der Waals surface area contributed by atoms with Crippen molar-refractivity contribution in [2.24, 2.45) is 0 Å². The molecule has 3 aromatic rings. The van der Waals surface area contributed by atoms with E-state index in [9.17, 15) is 4.79 Å². The van der Waals surface area contributed by atoms with Gasteiger partial charge in [0.25, 0.3) is 0 Å². The summed E-state index contributed by atoms with van der Waals surface area (Å²) in [5.74, 6) is -0.0609. The van der Waals surface area contributed by atoms with Crippen molar-refractivity contribution in [3.05, 3.63) is 60.4 Å². The van der Waals surface area contributed by atoms with Gasteiger partial charge in [-0.15, -0.1) is 5.10 Å². The molecule has 0 atom stereocenters. The Labute approximate surface area is 188 Å². The van der Waals surface area contributed by atoms with Crippen molar-refractivity contribution in [3.8, 4) is 5.69 Å². The highest BCUT2D eigenvalue weighted by molar-refractivity contribution is 8.01. The zero-order valence-corrected chi connectivity index (χ0v) is 18.7. The number of hydrogen-bond donors (Lipinski definition) is 1. The molecule has 0 aliphatic carbocycles. The summed E-state index contributed by atoms with van der Waals surface area (Å²) in [6.45, 7) is 0. The average molecular weight is 497 g/mol. The molecule has 0 spiro atoms. The molecular formula is C16H9Cl4N3OS3. The van der Waals surface area contributed by atoms with E-state index in [2.05, 4.69) is 10.4 Å². The molecule has 0 radical (unpaired) electrons. The van der Waals surface area contributed by atoms with E-state index in [4.69, 9.17) is 58.6 Å². The van der Waals surface area contributed by atoms with E-state index in [1.165, 1.54) is 23.1 Å². The van der Waals surface area contributed by atoms with Gasteiger partial charge in [-0.25, -0.2) is 4.68 Å². The number of hydrogen-bond acceptors (Lipinski definition) is 5. The van der Waals surface area contributed by atoms with E-state index >= 15 is 0 Å². The van der Waals surface area contributed by atoms with Gasteiger partial charge in [0.2, 0.25) is 5.91 Å². The highest BCUT2D eigenvalue weighted by atomic mass is 35.5. The van der Waals surface area contributed by atoms with E-state index in [0.29, 0.717) is 39.8 Å². The van der Waals surface area contributed by atoms with Crippen LogP contribution < -0.4 is 5.32 Å². The summed E-state index contributed by atoms with van der Waals surface area (Å²) in [6.07, 6.45) is 0. The summed E-state index contributed by atoms with van der Waals surface area (Å²) in [6, 6.07) is 10.0. The van der Waals surface area contributed by atoms with Gasteiger partial charge < -0.3 is 5.32 Å². The van der Waals surface area contributed by atoms with Crippen LogP contribution in [0.3, 0.4) is 0 Å². The van der Waals surface area contributed by atoms with E-state index < -0.39 is 0 Å². The van der Waals surface area contributed by atoms with Gasteiger partial charge in [-0.1, -0.05) is 69.5 Å². The minimum absolute atomic E-state index is 0.155. The quantitative estimate of drug-likeness (QED) is 0.305. The van der Waals surface area contributed by atoms with Crippen molar-refractivity contribution < 1.29 is 4.79 Å². The summed E-state index contributed by atoms with van der Waals surface area (Å²) in [5, 5.41) is 8.91. The lowest BCUT2D eigenvalue weighted by Gasteiger charge is -2.06. The van der Waals surface area contributed by atoms with Crippen LogP contribution in [-0.4, -0.2) is 21.4 Å². The number of halogens is 4. The molecule has 4 nitrogen and oxygen atoms in total. The second-order valence-electron chi connectivity index (χ2n) is 5.11. The normalized spacial score (nSPS) is 10.8. The molecule has 11 heteroatoms. The van der Waals surface area contributed by atoms with Gasteiger partial charge in [0.15, 0.2) is 8.29 Å². The standard InChI is InChI=1S/C16H9Cl4N3OS3/c17-8-1-4-13(12(20)5-8)21-14(24)7-26-15-22-23(16(25)27-15)9-2-3-10(18)11(19)6-9/h1-6H,7H2,(H,21,24). The fraction of sp³-hybridized carbons (Fsp3) is 0.0625. The lowest BCUT2D eigenvalue weighted by molar-refractivity contribution is -0.113. The number of rotatable bonds is 5. The first-order chi connectivity index (χ1) is 12.8. The Morgan fingerprint density at radius 2 is 1.89 bits per heavy atom. The van der Waals surface area contributed by atoms with E-state index in [1.54, 1.807) is 41.1 Å². The largest absolute Gasteiger partial charge is 0.324 e. The summed E-state index contributed by atoms with van der Waals surface area (Å²) < 4.78 is 2.78. The molecule has 3 rings (SSSR count). The van der Waals surface area contributed by atoms with Crippen LogP contribution in [0.15, 0.2) is 40.7 Å². The molecule has 0 saturated heterocycles. The predicted molar refractivity (Wildman–Crippen MR) is 118 cm³/mol. The Morgan fingerprint density at radius 1 is 1.11 bits per heavy atom. The Morgan fingerprint density at radius 3 is 2.59 bits per heavy atom. The Kier molecular flexibility index (Phi) is 7.08. The van der Waals surface area contributed by atoms with Crippen LogP contribution in [0.5, 0.6) is 0 Å². The molecule has 1 aromatic heterocycles. The van der Waals surface area contributed by atoms with Crippen LogP contribution in [0.1, 0.15) is 0 Å². The summed E-state index contributed by atoms with van der Waals surface area (Å²) in [4.78, 5) is 12.2. The number of amides is 1. The summed E-state index contributed by atoms with van der Waals surface area (Å²) >= 11 is 31.8. The third-order valence-corrected chi connectivity index (χ3v) is 6.86. The van der Waals surface area contributed by atoms with Gasteiger partial charge in [0.05, 0.1) is 32.2 Å². The number of carbonyl (C=O) groups is 1. The third-order valence-electron chi connectivity index (χ3n) is 3.21. The van der Waals surface area contributed by atoms with Gasteiger partial charge in [-0.05, 0) is 48.6 Å². The van der Waals surface area contributed by atoms with Crippen molar-refractivity contribution in [2.45, 2.75) is 4.34 Å². The first-order valence-electron chi connectivity index (χ1n) is 7.27. The van der Waals surface area contributed by atoms with Gasteiger partial charge in [-0.3, -0.25) is 4.79 Å². The molecule has 140 valence electrons. The maximum atomic E-state index is 12.2. The first-order valence-corrected chi connectivity index (χ1v) is 11.0. The lowest BCUT2D eigenvalue weighted by Crippen LogP contribution is -2.14. The SMILES string of the molecule is O=C(CSc1nn(-c2ccc(Cl)c(Cl)c2)c(=S)s1)Nc1ccc(Cl)cc1Cl. The second kappa shape index (κ2) is 9.13. The fourth-order valence-electron chi connectivity index (χ4n) is 2.00. The molecule has 2 aromatic carbocycles. The average Bonchev–Trinajstić information content (AvgIpc) is 2.99. The van der Waals surface area contributed by atoms with Gasteiger partial charge in [-0.2, -0.15) is 0 Å². The van der Waals surface area contributed by atoms with E-state index in [1.807, 2.05) is 0 Å². The number of aromatic nitrogens is 2. The van der Waals surface area contributed by atoms with Crippen LogP contribution in [-0.2, 0) is 4.79 Å². The van der Waals surface area contributed by atoms with Gasteiger partial charge >= 0.3 is 0 Å². The molecule has 0 saturated carbocycles. The highest BCUT2D eigenvalue weighted by Crippen LogP contribution is 2.29. The number of nitrogens with zero attached hydrogens (tertiary/aromatic N) is 2. The minimum Gasteiger partial charge on any atom is -0.324 e. The zero-order valence-electron chi connectivity index (χ0n) is 13.2. The molecule has 0 aliphatic rings. The lowest BCUT2D eigenvalue weighted by atomic mass is 10.3. The molecule has 0 bridgehead atoms. The number of anilines is 1. The topological polar surface area (TPSA) is 46.9 Å². The molecule has 0 aliphatic heterocycles. The van der Waals surface area contributed by atoms with Crippen LogP contribution in [0, 0.1) is 3.95 Å².